The van der Waals surface area contributed by atoms with Gasteiger partial charge in [0.15, 0.2) is 0 Å². The minimum absolute atomic E-state index is 0. The van der Waals surface area contributed by atoms with Crippen molar-refractivity contribution in [2.24, 2.45) is 0 Å². The standard InChI is InChI=1S/2C11H16N.2C4H8O.2ClH.Zr/c2*1-4-8-12-11-7-5-6-9(2)10(11)3;2*1-2-4-5-3-1;;;/h2*5-7H,4,8H2,1-3H3;2*1-4H2;2*1H;/q2*-1;;;;;+4/p-2. The summed E-state index contributed by atoms with van der Waals surface area (Å²) >= 11 is -0.930. The van der Waals surface area contributed by atoms with E-state index in [1.807, 2.05) is 0 Å². The molecule has 0 amide bonds. The van der Waals surface area contributed by atoms with E-state index in [-0.39, 0.29) is 24.8 Å². The van der Waals surface area contributed by atoms with Gasteiger partial charge >= 0.3 is 167 Å². The van der Waals surface area contributed by atoms with Gasteiger partial charge in [-0.25, -0.2) is 0 Å². The zero-order valence-corrected chi connectivity index (χ0v) is 27.9. The molecule has 208 valence electrons. The Balaban J connectivity index is 0.000000892. The van der Waals surface area contributed by atoms with Gasteiger partial charge in [-0.1, -0.05) is 0 Å². The van der Waals surface area contributed by atoms with Crippen LogP contribution in [0.25, 0.3) is 0 Å². The predicted molar refractivity (Wildman–Crippen MR) is 147 cm³/mol. The second kappa shape index (κ2) is 21.3. The molecule has 7 heteroatoms. The molecule has 0 unspecified atom stereocenters. The van der Waals surface area contributed by atoms with Gasteiger partial charge in [0.05, 0.1) is 0 Å². The third-order valence-corrected chi connectivity index (χ3v) is 9.99. The van der Waals surface area contributed by atoms with E-state index in [0.29, 0.717) is 0 Å². The van der Waals surface area contributed by atoms with Crippen LogP contribution in [0.3, 0.4) is 0 Å². The van der Waals surface area contributed by atoms with Crippen LogP contribution < -0.4 is 30.5 Å². The maximum atomic E-state index is 4.94. The average Bonchev–Trinajstić information content (AvgIpc) is 3.62. The van der Waals surface area contributed by atoms with Crippen LogP contribution in [0.1, 0.15) is 74.6 Å². The Labute approximate surface area is 252 Å². The molecule has 2 aliphatic rings. The molecular formula is C30H48Cl2N2O2Zr. The number of ether oxygens (including phenoxy) is 2. The molecule has 2 aromatic carbocycles. The molecule has 0 aromatic heterocycles. The van der Waals surface area contributed by atoms with Crippen molar-refractivity contribution in [1.29, 1.82) is 0 Å². The molecule has 2 saturated heterocycles. The molecule has 0 aliphatic carbocycles. The van der Waals surface area contributed by atoms with E-state index in [1.54, 1.807) is 0 Å². The molecule has 2 aliphatic heterocycles. The predicted octanol–water partition coefficient (Wildman–Crippen LogP) is 1.57. The Morgan fingerprint density at radius 3 is 1.24 bits per heavy atom. The minimum Gasteiger partial charge on any atom is -1.00 e. The molecule has 4 nitrogen and oxygen atoms in total. The van der Waals surface area contributed by atoms with Gasteiger partial charge in [-0.2, -0.15) is 0 Å². The summed E-state index contributed by atoms with van der Waals surface area (Å²) in [4.78, 5) is 0. The Hall–Kier alpha value is -0.577. The fourth-order valence-electron chi connectivity index (χ4n) is 4.12. The zero-order chi connectivity index (χ0) is 25.5. The van der Waals surface area contributed by atoms with Crippen molar-refractivity contribution < 1.29 is 58.1 Å². The number of rotatable bonds is 8. The summed E-state index contributed by atoms with van der Waals surface area (Å²) in [5.74, 6) is 0. The molecule has 0 bridgehead atoms. The van der Waals surface area contributed by atoms with Crippen molar-refractivity contribution in [1.82, 2.24) is 0 Å². The molecule has 0 spiro atoms. The normalized spacial score (nSPS) is 13.6. The monoisotopic (exact) mass is 628 g/mol. The average molecular weight is 631 g/mol. The maximum absolute atomic E-state index is 4.94. The Morgan fingerprint density at radius 1 is 0.622 bits per heavy atom. The summed E-state index contributed by atoms with van der Waals surface area (Å²) in [6.07, 6.45) is 7.50. The Kier molecular flexibility index (Phi) is 20.9. The SMILES string of the molecule is C1CCOC1.C1CCOC1.CCC[N]([Zr+2][N](CCC)c1cccc(C)c1C)c1cccc(C)c1C.[Cl-].[Cl-]. The Bertz CT molecular complexity index is 777. The number of halogens is 2. The summed E-state index contributed by atoms with van der Waals surface area (Å²) in [6.45, 7) is 19.9. The van der Waals surface area contributed by atoms with Crippen LogP contribution in [-0.2, 0) is 33.3 Å². The van der Waals surface area contributed by atoms with Crippen molar-refractivity contribution in [2.45, 2.75) is 80.1 Å². The summed E-state index contributed by atoms with van der Waals surface area (Å²) in [7, 11) is 0. The number of nitrogens with zero attached hydrogens (tertiary/aromatic N) is 2. The number of hydrogen-bond acceptors (Lipinski definition) is 4. The molecule has 0 radical (unpaired) electrons. The quantitative estimate of drug-likeness (QED) is 0.443. The number of aryl methyl sites for hydroxylation is 2. The molecule has 2 aromatic rings. The van der Waals surface area contributed by atoms with Gasteiger partial charge in [0.2, 0.25) is 0 Å². The van der Waals surface area contributed by atoms with Gasteiger partial charge in [0, 0.05) is 26.4 Å². The van der Waals surface area contributed by atoms with Crippen LogP contribution in [0.5, 0.6) is 0 Å². The van der Waals surface area contributed by atoms with E-state index in [2.05, 4.69) is 83.6 Å². The van der Waals surface area contributed by atoms with Crippen molar-refractivity contribution in [2.75, 3.05) is 45.2 Å². The zero-order valence-electron chi connectivity index (χ0n) is 23.9. The summed E-state index contributed by atoms with van der Waals surface area (Å²) in [6, 6.07) is 13.5. The van der Waals surface area contributed by atoms with Crippen LogP contribution in [0.2, 0.25) is 0 Å². The van der Waals surface area contributed by atoms with Crippen LogP contribution >= 0.6 is 0 Å². The van der Waals surface area contributed by atoms with Gasteiger partial charge in [0.25, 0.3) is 0 Å². The van der Waals surface area contributed by atoms with E-state index < -0.39 is 23.8 Å². The molecule has 4 rings (SSSR count). The second-order valence-electron chi connectivity index (χ2n) is 9.48. The molecule has 0 saturated carbocycles. The van der Waals surface area contributed by atoms with Crippen molar-refractivity contribution in [3.05, 3.63) is 58.7 Å². The minimum atomic E-state index is -0.930. The van der Waals surface area contributed by atoms with E-state index in [4.69, 9.17) is 9.47 Å². The van der Waals surface area contributed by atoms with Gasteiger partial charge < -0.3 is 34.3 Å². The largest absolute Gasteiger partial charge is 1.00 e. The van der Waals surface area contributed by atoms with Crippen LogP contribution in [0.15, 0.2) is 36.4 Å². The third kappa shape index (κ3) is 12.9. The molecule has 2 fully saturated rings. The van der Waals surface area contributed by atoms with Gasteiger partial charge in [-0.15, -0.1) is 0 Å². The Morgan fingerprint density at radius 2 is 0.973 bits per heavy atom. The first-order chi connectivity index (χ1) is 17.0. The van der Waals surface area contributed by atoms with E-state index in [0.717, 1.165) is 39.5 Å². The first-order valence-corrected chi connectivity index (χ1v) is 15.8. The first-order valence-electron chi connectivity index (χ1n) is 13.6. The van der Waals surface area contributed by atoms with E-state index in [9.17, 15) is 0 Å². The summed E-state index contributed by atoms with van der Waals surface area (Å²) in [5.41, 5.74) is 8.56. The summed E-state index contributed by atoms with van der Waals surface area (Å²) in [5, 5.41) is 0. The molecule has 37 heavy (non-hydrogen) atoms. The van der Waals surface area contributed by atoms with Crippen LogP contribution in [0.4, 0.5) is 11.4 Å². The van der Waals surface area contributed by atoms with E-state index >= 15 is 0 Å². The number of hydrogen-bond donors (Lipinski definition) is 0. The van der Waals surface area contributed by atoms with Gasteiger partial charge in [-0.05, 0) is 25.7 Å². The van der Waals surface area contributed by atoms with Crippen LogP contribution in [-0.4, -0.2) is 39.5 Å². The molecule has 2 heterocycles. The second-order valence-corrected chi connectivity index (χ2v) is 12.6. The first kappa shape index (κ1) is 36.4. The molecule has 0 atom stereocenters. The van der Waals surface area contributed by atoms with Crippen molar-refractivity contribution in [3.8, 4) is 0 Å². The fraction of sp³-hybridized carbons (Fsp3) is 0.600. The fourth-order valence-corrected chi connectivity index (χ4v) is 8.15. The molecular weight excluding hydrogens is 582 g/mol. The van der Waals surface area contributed by atoms with Crippen LogP contribution in [0, 0.1) is 27.7 Å². The maximum Gasteiger partial charge on any atom is -1.00 e. The third-order valence-electron chi connectivity index (χ3n) is 6.52. The smallest absolute Gasteiger partial charge is 1.00 e. The van der Waals surface area contributed by atoms with Gasteiger partial charge in [-0.3, -0.25) is 0 Å². The topological polar surface area (TPSA) is 24.9 Å². The number of benzene rings is 2. The number of anilines is 2. The van der Waals surface area contributed by atoms with Crippen molar-refractivity contribution in [3.63, 3.8) is 0 Å². The van der Waals surface area contributed by atoms with E-state index in [1.165, 1.54) is 72.2 Å². The van der Waals surface area contributed by atoms with Gasteiger partial charge in [0.1, 0.15) is 0 Å². The molecule has 0 N–H and O–H groups in total. The summed E-state index contributed by atoms with van der Waals surface area (Å²) < 4.78 is 15.3. The van der Waals surface area contributed by atoms with Crippen molar-refractivity contribution >= 4 is 11.4 Å².